The molecule has 98 valence electrons. The minimum atomic E-state index is -0.794. The van der Waals surface area contributed by atoms with Crippen molar-refractivity contribution in [3.63, 3.8) is 0 Å². The van der Waals surface area contributed by atoms with E-state index >= 15 is 0 Å². The molecular weight excluding hydrogens is 237 g/mol. The van der Waals surface area contributed by atoms with Crippen molar-refractivity contribution in [1.29, 1.82) is 0 Å². The second-order valence-corrected chi connectivity index (χ2v) is 4.90. The summed E-state index contributed by atoms with van der Waals surface area (Å²) in [6.07, 6.45) is 1.57. The van der Waals surface area contributed by atoms with Crippen LogP contribution in [-0.4, -0.2) is 29.6 Å². The predicted molar refractivity (Wildman–Crippen MR) is 61.9 cm³/mol. The normalized spacial score (nSPS) is 26.9. The molecule has 2 aliphatic rings. The average molecular weight is 253 g/mol. The molecule has 1 aliphatic carbocycles. The molecule has 1 amide bonds. The van der Waals surface area contributed by atoms with Gasteiger partial charge in [0.1, 0.15) is 11.9 Å². The van der Waals surface area contributed by atoms with Crippen molar-refractivity contribution in [1.82, 2.24) is 15.6 Å². The largest absolute Gasteiger partial charge is 0.437 e. The third-order valence-corrected chi connectivity index (χ3v) is 3.50. The minimum Gasteiger partial charge on any atom is -0.437 e. The van der Waals surface area contributed by atoms with E-state index in [1.807, 2.05) is 0 Å². The molecule has 0 bridgehead atoms. The summed E-state index contributed by atoms with van der Waals surface area (Å²) >= 11 is 0. The first-order chi connectivity index (χ1) is 8.72. The molecule has 1 aromatic rings. The van der Waals surface area contributed by atoms with E-state index in [4.69, 9.17) is 4.42 Å². The first-order valence-corrected chi connectivity index (χ1v) is 6.36. The first-order valence-electron chi connectivity index (χ1n) is 6.36. The fourth-order valence-electron chi connectivity index (χ4n) is 2.53. The van der Waals surface area contributed by atoms with E-state index in [1.54, 1.807) is 0 Å². The van der Waals surface area contributed by atoms with Gasteiger partial charge in [0, 0.05) is 25.6 Å². The SMILES string of the molecule is O=C(N[C@@H]1CC[C@@H](F)C1)c1nc2c(o1)CCNC2. The smallest absolute Gasteiger partial charge is 0.307 e. The third-order valence-electron chi connectivity index (χ3n) is 3.50. The van der Waals surface area contributed by atoms with E-state index in [0.29, 0.717) is 25.8 Å². The summed E-state index contributed by atoms with van der Waals surface area (Å²) in [6.45, 7) is 1.48. The lowest BCUT2D eigenvalue weighted by Gasteiger charge is -2.09. The van der Waals surface area contributed by atoms with Crippen LogP contribution in [0.2, 0.25) is 0 Å². The number of rotatable bonds is 2. The Balaban J connectivity index is 1.67. The fourth-order valence-corrected chi connectivity index (χ4v) is 2.53. The highest BCUT2D eigenvalue weighted by Gasteiger charge is 2.28. The summed E-state index contributed by atoms with van der Waals surface area (Å²) in [5, 5.41) is 5.95. The summed E-state index contributed by atoms with van der Waals surface area (Å²) in [7, 11) is 0. The van der Waals surface area contributed by atoms with Gasteiger partial charge in [-0.1, -0.05) is 0 Å². The Kier molecular flexibility index (Phi) is 3.03. The maximum atomic E-state index is 13.0. The van der Waals surface area contributed by atoms with Crippen molar-refractivity contribution in [3.8, 4) is 0 Å². The van der Waals surface area contributed by atoms with Crippen LogP contribution in [0, 0.1) is 0 Å². The van der Waals surface area contributed by atoms with E-state index in [9.17, 15) is 9.18 Å². The zero-order valence-electron chi connectivity index (χ0n) is 10.0. The molecule has 5 nitrogen and oxygen atoms in total. The zero-order chi connectivity index (χ0) is 12.5. The lowest BCUT2D eigenvalue weighted by molar-refractivity contribution is 0.0900. The highest BCUT2D eigenvalue weighted by atomic mass is 19.1. The molecule has 1 fully saturated rings. The van der Waals surface area contributed by atoms with E-state index in [-0.39, 0.29) is 17.8 Å². The standard InChI is InChI=1S/C12H16FN3O2/c13-7-1-2-8(5-7)15-11(17)12-16-9-6-14-4-3-10(9)18-12/h7-8,14H,1-6H2,(H,15,17)/t7-,8-/m1/s1. The maximum absolute atomic E-state index is 13.0. The summed E-state index contributed by atoms with van der Waals surface area (Å²) < 4.78 is 18.5. The van der Waals surface area contributed by atoms with Crippen molar-refractivity contribution < 1.29 is 13.6 Å². The Morgan fingerprint density at radius 1 is 1.50 bits per heavy atom. The summed E-state index contributed by atoms with van der Waals surface area (Å²) in [5.41, 5.74) is 0.807. The number of halogens is 1. The van der Waals surface area contributed by atoms with Crippen LogP contribution in [0.4, 0.5) is 4.39 Å². The van der Waals surface area contributed by atoms with Gasteiger partial charge < -0.3 is 15.1 Å². The van der Waals surface area contributed by atoms with Crippen LogP contribution in [0.1, 0.15) is 41.4 Å². The van der Waals surface area contributed by atoms with Crippen molar-refractivity contribution in [2.45, 2.75) is 44.4 Å². The molecule has 0 radical (unpaired) electrons. The predicted octanol–water partition coefficient (Wildman–Crippen LogP) is 0.941. The number of hydrogen-bond acceptors (Lipinski definition) is 4. The average Bonchev–Trinajstić information content (AvgIpc) is 2.95. The molecular formula is C12H16FN3O2. The van der Waals surface area contributed by atoms with Crippen LogP contribution in [0.15, 0.2) is 4.42 Å². The Morgan fingerprint density at radius 2 is 2.39 bits per heavy atom. The highest BCUT2D eigenvalue weighted by molar-refractivity contribution is 5.89. The zero-order valence-corrected chi connectivity index (χ0v) is 10.0. The molecule has 18 heavy (non-hydrogen) atoms. The van der Waals surface area contributed by atoms with Gasteiger partial charge in [-0.3, -0.25) is 4.79 Å². The monoisotopic (exact) mass is 253 g/mol. The van der Waals surface area contributed by atoms with Crippen molar-refractivity contribution in [2.75, 3.05) is 6.54 Å². The van der Waals surface area contributed by atoms with Crippen molar-refractivity contribution in [3.05, 3.63) is 17.3 Å². The van der Waals surface area contributed by atoms with Crippen LogP contribution in [0.3, 0.4) is 0 Å². The summed E-state index contributed by atoms with van der Waals surface area (Å²) in [4.78, 5) is 16.1. The van der Waals surface area contributed by atoms with Gasteiger partial charge in [0.15, 0.2) is 0 Å². The highest BCUT2D eigenvalue weighted by Crippen LogP contribution is 2.22. The Bertz CT molecular complexity index is 437. The maximum Gasteiger partial charge on any atom is 0.307 e. The molecule has 6 heteroatoms. The van der Waals surface area contributed by atoms with E-state index in [1.165, 1.54) is 0 Å². The summed E-state index contributed by atoms with van der Waals surface area (Å²) in [6, 6.07) is -0.0884. The number of amides is 1. The Hall–Kier alpha value is -1.43. The molecule has 0 spiro atoms. The number of fused-ring (bicyclic) bond motifs is 1. The number of hydrogen-bond donors (Lipinski definition) is 2. The molecule has 1 aliphatic heterocycles. The minimum absolute atomic E-state index is 0.0884. The second-order valence-electron chi connectivity index (χ2n) is 4.90. The first kappa shape index (κ1) is 11.6. The molecule has 2 heterocycles. The van der Waals surface area contributed by atoms with Crippen LogP contribution in [-0.2, 0) is 13.0 Å². The molecule has 0 unspecified atom stereocenters. The van der Waals surface area contributed by atoms with Crippen molar-refractivity contribution >= 4 is 5.91 Å². The number of nitrogens with zero attached hydrogens (tertiary/aromatic N) is 1. The van der Waals surface area contributed by atoms with Gasteiger partial charge in [0.25, 0.3) is 5.89 Å². The van der Waals surface area contributed by atoms with Gasteiger partial charge in [-0.15, -0.1) is 0 Å². The third kappa shape index (κ3) is 2.25. The number of carbonyl (C=O) groups is 1. The molecule has 1 saturated carbocycles. The lowest BCUT2D eigenvalue weighted by atomic mass is 10.2. The van der Waals surface area contributed by atoms with Gasteiger partial charge >= 0.3 is 5.91 Å². The molecule has 0 saturated heterocycles. The quantitative estimate of drug-likeness (QED) is 0.823. The van der Waals surface area contributed by atoms with Crippen LogP contribution in [0.5, 0.6) is 0 Å². The second kappa shape index (κ2) is 4.68. The van der Waals surface area contributed by atoms with Crippen LogP contribution >= 0.6 is 0 Å². The number of oxazole rings is 1. The Labute approximate surface area is 104 Å². The molecule has 3 rings (SSSR count). The van der Waals surface area contributed by atoms with Gasteiger partial charge in [-0.25, -0.2) is 9.37 Å². The molecule has 2 N–H and O–H groups in total. The van der Waals surface area contributed by atoms with Crippen molar-refractivity contribution in [2.24, 2.45) is 0 Å². The van der Waals surface area contributed by atoms with Crippen LogP contribution in [0.25, 0.3) is 0 Å². The fraction of sp³-hybridized carbons (Fsp3) is 0.667. The van der Waals surface area contributed by atoms with Gasteiger partial charge in [-0.2, -0.15) is 0 Å². The lowest BCUT2D eigenvalue weighted by Crippen LogP contribution is -2.33. The summed E-state index contributed by atoms with van der Waals surface area (Å²) in [5.74, 6) is 0.559. The number of aromatic nitrogens is 1. The molecule has 2 atom stereocenters. The number of alkyl halides is 1. The van der Waals surface area contributed by atoms with E-state index in [0.717, 1.165) is 24.4 Å². The number of carbonyl (C=O) groups excluding carboxylic acids is 1. The number of nitrogens with one attached hydrogen (secondary N) is 2. The van der Waals surface area contributed by atoms with E-state index < -0.39 is 6.17 Å². The van der Waals surface area contributed by atoms with Gasteiger partial charge in [-0.05, 0) is 19.3 Å². The topological polar surface area (TPSA) is 67.2 Å². The van der Waals surface area contributed by atoms with Gasteiger partial charge in [0.05, 0.1) is 5.69 Å². The molecule has 0 aromatic carbocycles. The van der Waals surface area contributed by atoms with Crippen LogP contribution < -0.4 is 10.6 Å². The van der Waals surface area contributed by atoms with E-state index in [2.05, 4.69) is 15.6 Å². The Morgan fingerprint density at radius 3 is 3.11 bits per heavy atom. The van der Waals surface area contributed by atoms with Gasteiger partial charge in [0.2, 0.25) is 0 Å². The molecule has 1 aromatic heterocycles.